The van der Waals surface area contributed by atoms with Gasteiger partial charge in [-0.15, -0.1) is 0 Å². The molecule has 3 radical (unpaired) electrons. The zero-order valence-electron chi connectivity index (χ0n) is 11.9. The van der Waals surface area contributed by atoms with Gasteiger partial charge < -0.3 is 4.12 Å². The predicted molar refractivity (Wildman–Crippen MR) is 71.7 cm³/mol. The number of hydrogen-bond donors (Lipinski definition) is 0. The molecule has 0 aromatic carbocycles. The smallest absolute Gasteiger partial charge is 0.230 e. The highest BCUT2D eigenvalue weighted by Gasteiger charge is 2.60. The quantitative estimate of drug-likeness (QED) is 0.619. The minimum atomic E-state index is -1.96. The molecule has 3 heteroatoms. The van der Waals surface area contributed by atoms with Crippen LogP contribution in [-0.4, -0.2) is 18.8 Å². The second kappa shape index (κ2) is 4.00. The van der Waals surface area contributed by atoms with Gasteiger partial charge in [0.15, 0.2) is 8.32 Å². The molecule has 0 heterocycles. The van der Waals surface area contributed by atoms with Crippen LogP contribution in [-0.2, 0) is 4.12 Å². The fourth-order valence-corrected chi connectivity index (χ4v) is 14.3. The molecule has 0 unspecified atom stereocenters. The van der Waals surface area contributed by atoms with Crippen LogP contribution in [0.1, 0.15) is 62.3 Å². The van der Waals surface area contributed by atoms with Crippen LogP contribution >= 0.6 is 0 Å². The lowest BCUT2D eigenvalue weighted by Crippen LogP contribution is -2.60. The Kier molecular flexibility index (Phi) is 4.11. The van der Waals surface area contributed by atoms with Crippen LogP contribution in [0.15, 0.2) is 0 Å². The summed E-state index contributed by atoms with van der Waals surface area (Å²) in [6.07, 6.45) is 0. The Bertz CT molecular complexity index is 179. The van der Waals surface area contributed by atoms with Gasteiger partial charge in [0.1, 0.15) is 0 Å². The average molecular weight is 244 g/mol. The molecule has 0 fully saturated rings. The standard InChI is InChI=1S/C12H27OSi2/c1-10(2,3)15(13-14,11(4,5)6)12(7,8)9/h1-9H3. The summed E-state index contributed by atoms with van der Waals surface area (Å²) in [5, 5.41) is 0.599. The summed E-state index contributed by atoms with van der Waals surface area (Å²) in [6, 6.07) is 0. The van der Waals surface area contributed by atoms with E-state index in [1.165, 1.54) is 0 Å². The van der Waals surface area contributed by atoms with Gasteiger partial charge in [-0.3, -0.25) is 0 Å². The van der Waals surface area contributed by atoms with Gasteiger partial charge in [0.25, 0.3) is 0 Å². The van der Waals surface area contributed by atoms with Gasteiger partial charge in [0.2, 0.25) is 10.5 Å². The normalized spacial score (nSPS) is 15.6. The average Bonchev–Trinajstić information content (AvgIpc) is 1.76. The number of hydrogen-bond acceptors (Lipinski definition) is 1. The summed E-state index contributed by atoms with van der Waals surface area (Å²) in [6.45, 7) is 20.7. The fourth-order valence-electron chi connectivity index (χ4n) is 3.83. The Morgan fingerprint density at radius 2 is 0.867 bits per heavy atom. The molecule has 0 aliphatic heterocycles. The molecule has 0 spiro atoms. The van der Waals surface area contributed by atoms with Crippen molar-refractivity contribution >= 4 is 18.8 Å². The van der Waals surface area contributed by atoms with E-state index in [1.54, 1.807) is 0 Å². The fraction of sp³-hybridized carbons (Fsp3) is 1.00. The lowest BCUT2D eigenvalue weighted by Gasteiger charge is -2.57. The van der Waals surface area contributed by atoms with E-state index in [9.17, 15) is 0 Å². The Balaban J connectivity index is 5.78. The molecule has 0 aromatic heterocycles. The van der Waals surface area contributed by atoms with Crippen LogP contribution in [0.3, 0.4) is 0 Å². The molecular weight excluding hydrogens is 216 g/mol. The second-order valence-electron chi connectivity index (χ2n) is 7.53. The third-order valence-corrected chi connectivity index (χ3v) is 10.9. The molecule has 0 bridgehead atoms. The maximum absolute atomic E-state index is 5.98. The van der Waals surface area contributed by atoms with Gasteiger partial charge in [-0.25, -0.2) is 0 Å². The summed E-state index contributed by atoms with van der Waals surface area (Å²) >= 11 is 0. The first-order chi connectivity index (χ1) is 6.31. The molecule has 0 atom stereocenters. The molecule has 0 saturated heterocycles. The van der Waals surface area contributed by atoms with Gasteiger partial charge in [-0.2, -0.15) is 0 Å². The Morgan fingerprint density at radius 3 is 0.867 bits per heavy atom. The van der Waals surface area contributed by atoms with Crippen molar-refractivity contribution in [1.82, 2.24) is 0 Å². The predicted octanol–water partition coefficient (Wildman–Crippen LogP) is 4.43. The van der Waals surface area contributed by atoms with Gasteiger partial charge in [0.05, 0.1) is 0 Å². The Morgan fingerprint density at radius 1 is 0.667 bits per heavy atom. The van der Waals surface area contributed by atoms with Gasteiger partial charge in [-0.1, -0.05) is 62.3 Å². The first-order valence-corrected chi connectivity index (χ1v) is 7.97. The molecule has 0 aliphatic rings. The van der Waals surface area contributed by atoms with Crippen molar-refractivity contribution in [3.05, 3.63) is 0 Å². The van der Waals surface area contributed by atoms with E-state index in [0.717, 1.165) is 0 Å². The Labute approximate surface area is 101 Å². The molecule has 0 rings (SSSR count). The van der Waals surface area contributed by atoms with Crippen molar-refractivity contribution in [1.29, 1.82) is 0 Å². The molecular formula is C12H27OSi2. The highest BCUT2D eigenvalue weighted by molar-refractivity contribution is 6.84. The monoisotopic (exact) mass is 243 g/mol. The van der Waals surface area contributed by atoms with E-state index in [0.29, 0.717) is 0 Å². The minimum Gasteiger partial charge on any atom is -0.456 e. The molecule has 89 valence electrons. The summed E-state index contributed by atoms with van der Waals surface area (Å²) in [5.74, 6) is 0. The molecule has 0 saturated carbocycles. The number of rotatable bonds is 1. The maximum Gasteiger partial charge on any atom is 0.230 e. The maximum atomic E-state index is 5.98. The van der Waals surface area contributed by atoms with E-state index in [1.807, 2.05) is 0 Å². The highest BCUT2D eigenvalue weighted by atomic mass is 28.4. The second-order valence-corrected chi connectivity index (χ2v) is 14.2. The van der Waals surface area contributed by atoms with Gasteiger partial charge >= 0.3 is 0 Å². The topological polar surface area (TPSA) is 9.23 Å². The van der Waals surface area contributed by atoms with Crippen LogP contribution < -0.4 is 0 Å². The zero-order chi connectivity index (χ0) is 12.7. The van der Waals surface area contributed by atoms with Crippen LogP contribution in [0.5, 0.6) is 0 Å². The summed E-state index contributed by atoms with van der Waals surface area (Å²) < 4.78 is 5.98. The summed E-state index contributed by atoms with van der Waals surface area (Å²) in [7, 11) is 1.43. The molecule has 0 aromatic rings. The van der Waals surface area contributed by atoms with E-state index in [4.69, 9.17) is 4.12 Å². The van der Waals surface area contributed by atoms with Crippen molar-refractivity contribution in [2.75, 3.05) is 0 Å². The van der Waals surface area contributed by atoms with E-state index in [-0.39, 0.29) is 15.1 Å². The van der Waals surface area contributed by atoms with Crippen molar-refractivity contribution < 1.29 is 4.12 Å². The third-order valence-electron chi connectivity index (χ3n) is 3.32. The van der Waals surface area contributed by atoms with Gasteiger partial charge in [-0.05, 0) is 15.1 Å². The van der Waals surface area contributed by atoms with Crippen LogP contribution in [0.2, 0.25) is 15.1 Å². The molecule has 0 aliphatic carbocycles. The van der Waals surface area contributed by atoms with Crippen LogP contribution in [0.25, 0.3) is 0 Å². The summed E-state index contributed by atoms with van der Waals surface area (Å²) in [4.78, 5) is 0. The van der Waals surface area contributed by atoms with E-state index < -0.39 is 8.32 Å². The highest BCUT2D eigenvalue weighted by Crippen LogP contribution is 2.61. The zero-order valence-corrected chi connectivity index (χ0v) is 13.9. The third kappa shape index (κ3) is 2.39. The van der Waals surface area contributed by atoms with Gasteiger partial charge in [0, 0.05) is 0 Å². The Hall–Kier alpha value is 0.394. The SMILES string of the molecule is CC(C)(C)[Si](O[Si])(C(C)(C)C)C(C)(C)C. The summed E-state index contributed by atoms with van der Waals surface area (Å²) in [5.41, 5.74) is 0. The van der Waals surface area contributed by atoms with Crippen molar-refractivity contribution in [3.8, 4) is 0 Å². The lowest BCUT2D eigenvalue weighted by atomic mass is 10.2. The van der Waals surface area contributed by atoms with E-state index >= 15 is 0 Å². The first-order valence-electron chi connectivity index (χ1n) is 5.66. The first kappa shape index (κ1) is 15.4. The molecule has 15 heavy (non-hydrogen) atoms. The van der Waals surface area contributed by atoms with Crippen molar-refractivity contribution in [2.45, 2.75) is 77.4 Å². The van der Waals surface area contributed by atoms with Crippen molar-refractivity contribution in [3.63, 3.8) is 0 Å². The lowest BCUT2D eigenvalue weighted by molar-refractivity contribution is 0.391. The van der Waals surface area contributed by atoms with Crippen LogP contribution in [0, 0.1) is 0 Å². The largest absolute Gasteiger partial charge is 0.456 e. The van der Waals surface area contributed by atoms with Crippen molar-refractivity contribution in [2.24, 2.45) is 0 Å². The molecule has 0 amide bonds. The molecule has 0 N–H and O–H groups in total. The van der Waals surface area contributed by atoms with E-state index in [2.05, 4.69) is 72.8 Å². The van der Waals surface area contributed by atoms with Crippen LogP contribution in [0.4, 0.5) is 0 Å². The minimum absolute atomic E-state index is 0.200. The molecule has 1 nitrogen and oxygen atoms in total.